The van der Waals surface area contributed by atoms with Crippen LogP contribution in [0.3, 0.4) is 0 Å². The van der Waals surface area contributed by atoms with E-state index < -0.39 is 33.6 Å². The lowest BCUT2D eigenvalue weighted by Crippen LogP contribution is -2.36. The van der Waals surface area contributed by atoms with Crippen molar-refractivity contribution in [3.8, 4) is 5.75 Å². The molecule has 2 aromatic rings. The highest BCUT2D eigenvalue weighted by Crippen LogP contribution is 2.21. The number of carbonyl (C=O) groups is 1. The number of ether oxygens (including phenoxy) is 2. The molecule has 2 unspecified atom stereocenters. The fourth-order valence-electron chi connectivity index (χ4n) is 3.31. The lowest BCUT2D eigenvalue weighted by molar-refractivity contribution is -0.118. The lowest BCUT2D eigenvalue weighted by Gasteiger charge is -2.13. The molecule has 7 nitrogen and oxygen atoms in total. The highest BCUT2D eigenvalue weighted by molar-refractivity contribution is 7.92. The highest BCUT2D eigenvalue weighted by Gasteiger charge is 2.33. The Balaban J connectivity index is 1.49. The Bertz CT molecular complexity index is 1070. The third kappa shape index (κ3) is 6.97. The molecule has 0 spiro atoms. The first-order valence-corrected chi connectivity index (χ1v) is 12.6. The van der Waals surface area contributed by atoms with Crippen LogP contribution >= 0.6 is 11.6 Å². The first-order chi connectivity index (χ1) is 15.3. The summed E-state index contributed by atoms with van der Waals surface area (Å²) in [6, 6.07) is 14.0. The van der Waals surface area contributed by atoms with E-state index in [2.05, 4.69) is 10.3 Å². The molecule has 0 fully saturated rings. The third-order valence-corrected chi connectivity index (χ3v) is 6.73. The molecule has 172 valence electrons. The van der Waals surface area contributed by atoms with E-state index in [1.54, 1.807) is 31.2 Å². The van der Waals surface area contributed by atoms with E-state index in [1.165, 1.54) is 0 Å². The fraction of sp³-hybridized carbons (Fsp3) is 0.391. The predicted molar refractivity (Wildman–Crippen MR) is 125 cm³/mol. The molecule has 0 bridgehead atoms. The summed E-state index contributed by atoms with van der Waals surface area (Å²) < 4.78 is 36.2. The SMILES string of the molecule is CCOc1ccc(CCNC(=O)CS(=O)(=O)CC2N=C(c3cccc(Cl)c3)OC2C)cc1. The predicted octanol–water partition coefficient (Wildman–Crippen LogP) is 3.05. The summed E-state index contributed by atoms with van der Waals surface area (Å²) in [7, 11) is -3.66. The van der Waals surface area contributed by atoms with E-state index in [4.69, 9.17) is 21.1 Å². The fourth-order valence-corrected chi connectivity index (χ4v) is 4.99. The smallest absolute Gasteiger partial charge is 0.235 e. The number of sulfone groups is 1. The number of carbonyl (C=O) groups excluding carboxylic acids is 1. The zero-order chi connectivity index (χ0) is 23.1. The minimum atomic E-state index is -3.66. The summed E-state index contributed by atoms with van der Waals surface area (Å²) in [5.41, 5.74) is 1.72. The second-order valence-corrected chi connectivity index (χ2v) is 10.1. The number of hydrogen-bond donors (Lipinski definition) is 1. The summed E-state index contributed by atoms with van der Waals surface area (Å²) in [6.07, 6.45) is 0.181. The molecule has 1 amide bonds. The van der Waals surface area contributed by atoms with Crippen LogP contribution in [0.15, 0.2) is 53.5 Å². The van der Waals surface area contributed by atoms with Crippen LogP contribution in [0, 0.1) is 0 Å². The van der Waals surface area contributed by atoms with Crippen LogP contribution in [0.4, 0.5) is 0 Å². The van der Waals surface area contributed by atoms with Gasteiger partial charge < -0.3 is 14.8 Å². The Morgan fingerprint density at radius 3 is 2.66 bits per heavy atom. The van der Waals surface area contributed by atoms with E-state index in [0.29, 0.717) is 36.1 Å². The van der Waals surface area contributed by atoms with Crippen molar-refractivity contribution >= 4 is 33.2 Å². The summed E-state index contributed by atoms with van der Waals surface area (Å²) >= 11 is 6.00. The zero-order valence-electron chi connectivity index (χ0n) is 18.1. The molecule has 9 heteroatoms. The van der Waals surface area contributed by atoms with Gasteiger partial charge in [0.25, 0.3) is 0 Å². The first-order valence-electron chi connectivity index (χ1n) is 10.4. The number of rotatable bonds is 10. The lowest BCUT2D eigenvalue weighted by atomic mass is 10.1. The van der Waals surface area contributed by atoms with Gasteiger partial charge in [-0.2, -0.15) is 0 Å². The number of nitrogens with one attached hydrogen (secondary N) is 1. The average Bonchev–Trinajstić information content (AvgIpc) is 3.09. The molecule has 2 aromatic carbocycles. The van der Waals surface area contributed by atoms with Crippen molar-refractivity contribution in [2.24, 2.45) is 4.99 Å². The molecule has 1 heterocycles. The van der Waals surface area contributed by atoms with Crippen molar-refractivity contribution in [3.05, 3.63) is 64.7 Å². The molecule has 2 atom stereocenters. The molecule has 1 N–H and O–H groups in total. The van der Waals surface area contributed by atoms with Gasteiger partial charge in [-0.1, -0.05) is 29.8 Å². The van der Waals surface area contributed by atoms with Crippen molar-refractivity contribution in [2.75, 3.05) is 24.7 Å². The number of halogens is 1. The molecule has 0 radical (unpaired) electrons. The maximum atomic E-state index is 12.6. The van der Waals surface area contributed by atoms with E-state index in [0.717, 1.165) is 11.3 Å². The maximum Gasteiger partial charge on any atom is 0.235 e. The van der Waals surface area contributed by atoms with Gasteiger partial charge in [-0.3, -0.25) is 4.79 Å². The van der Waals surface area contributed by atoms with E-state index in [-0.39, 0.29) is 5.75 Å². The monoisotopic (exact) mass is 478 g/mol. The van der Waals surface area contributed by atoms with Gasteiger partial charge in [0, 0.05) is 17.1 Å². The molecule has 32 heavy (non-hydrogen) atoms. The Hall–Kier alpha value is -2.58. The number of amides is 1. The Morgan fingerprint density at radius 1 is 1.22 bits per heavy atom. The van der Waals surface area contributed by atoms with E-state index in [9.17, 15) is 13.2 Å². The molecular weight excluding hydrogens is 452 g/mol. The van der Waals surface area contributed by atoms with Crippen molar-refractivity contribution in [1.82, 2.24) is 5.32 Å². The largest absolute Gasteiger partial charge is 0.494 e. The van der Waals surface area contributed by atoms with Crippen LogP contribution in [-0.4, -0.2) is 57.0 Å². The molecular formula is C23H27ClN2O5S. The van der Waals surface area contributed by atoms with E-state index in [1.807, 2.05) is 31.2 Å². The van der Waals surface area contributed by atoms with Gasteiger partial charge in [-0.25, -0.2) is 13.4 Å². The second kappa shape index (κ2) is 10.8. The third-order valence-electron chi connectivity index (χ3n) is 4.94. The van der Waals surface area contributed by atoms with Crippen LogP contribution in [0.5, 0.6) is 5.75 Å². The maximum absolute atomic E-state index is 12.6. The van der Waals surface area contributed by atoms with Gasteiger partial charge in [-0.15, -0.1) is 0 Å². The highest BCUT2D eigenvalue weighted by atomic mass is 35.5. The van der Waals surface area contributed by atoms with E-state index >= 15 is 0 Å². The minimum absolute atomic E-state index is 0.259. The van der Waals surface area contributed by atoms with Gasteiger partial charge in [0.2, 0.25) is 11.8 Å². The Morgan fingerprint density at radius 2 is 1.97 bits per heavy atom. The quantitative estimate of drug-likeness (QED) is 0.566. The number of benzene rings is 2. The number of nitrogens with zero attached hydrogens (tertiary/aromatic N) is 1. The van der Waals surface area contributed by atoms with Crippen LogP contribution < -0.4 is 10.1 Å². The Labute approximate surface area is 193 Å². The Kier molecular flexibility index (Phi) is 8.15. The molecule has 0 aromatic heterocycles. The molecule has 0 saturated carbocycles. The number of hydrogen-bond acceptors (Lipinski definition) is 6. The van der Waals surface area contributed by atoms with Crippen molar-refractivity contribution < 1.29 is 22.7 Å². The zero-order valence-corrected chi connectivity index (χ0v) is 19.7. The topological polar surface area (TPSA) is 94.1 Å². The number of aliphatic imine (C=N–C) groups is 1. The average molecular weight is 479 g/mol. The van der Waals surface area contributed by atoms with Gasteiger partial charge in [0.15, 0.2) is 9.84 Å². The standard InChI is InChI=1S/C23H27ClN2O5S/c1-3-30-20-9-7-17(8-10-20)11-12-25-22(27)15-32(28,29)14-21-16(2)31-23(26-21)18-5-4-6-19(24)13-18/h4-10,13,16,21H,3,11-12,14-15H2,1-2H3,(H,25,27). The minimum Gasteiger partial charge on any atom is -0.494 e. The summed E-state index contributed by atoms with van der Waals surface area (Å²) in [5.74, 6) is -0.217. The van der Waals surface area contributed by atoms with Gasteiger partial charge in [0.1, 0.15) is 23.6 Å². The molecule has 1 aliphatic rings. The van der Waals surface area contributed by atoms with Crippen LogP contribution in [0.25, 0.3) is 0 Å². The second-order valence-electron chi connectivity index (χ2n) is 7.57. The van der Waals surface area contributed by atoms with Crippen molar-refractivity contribution in [1.29, 1.82) is 0 Å². The summed E-state index contributed by atoms with van der Waals surface area (Å²) in [6.45, 7) is 4.63. The normalized spacial score (nSPS) is 18.0. The molecule has 1 aliphatic heterocycles. The van der Waals surface area contributed by atoms with Crippen molar-refractivity contribution in [2.45, 2.75) is 32.4 Å². The summed E-state index contributed by atoms with van der Waals surface area (Å²) in [5, 5.41) is 3.21. The van der Waals surface area contributed by atoms with Crippen molar-refractivity contribution in [3.63, 3.8) is 0 Å². The first kappa shape index (κ1) is 24.1. The van der Waals surface area contributed by atoms with Crippen LogP contribution in [-0.2, 0) is 25.8 Å². The molecule has 3 rings (SSSR count). The van der Waals surface area contributed by atoms with Crippen LogP contribution in [0.1, 0.15) is 25.0 Å². The molecule has 0 aliphatic carbocycles. The van der Waals surface area contributed by atoms with Gasteiger partial charge >= 0.3 is 0 Å². The van der Waals surface area contributed by atoms with Gasteiger partial charge in [0.05, 0.1) is 12.4 Å². The van der Waals surface area contributed by atoms with Gasteiger partial charge in [-0.05, 0) is 56.2 Å². The summed E-state index contributed by atoms with van der Waals surface area (Å²) in [4.78, 5) is 16.6. The van der Waals surface area contributed by atoms with Crippen LogP contribution in [0.2, 0.25) is 5.02 Å². The molecule has 0 saturated heterocycles.